The first-order valence-corrected chi connectivity index (χ1v) is 10.1. The molecule has 1 aliphatic heterocycles. The smallest absolute Gasteiger partial charge is 0.408 e. The second-order valence-corrected chi connectivity index (χ2v) is 8.91. The van der Waals surface area contributed by atoms with E-state index in [4.69, 9.17) is 9.84 Å². The van der Waals surface area contributed by atoms with Crippen LogP contribution >= 0.6 is 15.9 Å². The second-order valence-electron chi connectivity index (χ2n) is 7.99. The van der Waals surface area contributed by atoms with Gasteiger partial charge in [-0.05, 0) is 70.8 Å². The minimum atomic E-state index is -0.700. The Morgan fingerprint density at radius 3 is 2.37 bits per heavy atom. The quantitative estimate of drug-likeness (QED) is 0.692. The lowest BCUT2D eigenvalue weighted by atomic mass is 9.96. The summed E-state index contributed by atoms with van der Waals surface area (Å²) >= 11 is 3.44. The number of ether oxygens (including phenoxy) is 1. The van der Waals surface area contributed by atoms with Gasteiger partial charge in [0.2, 0.25) is 0 Å². The number of nitrogens with zero attached hydrogens (tertiary/aromatic N) is 1. The van der Waals surface area contributed by atoms with Crippen molar-refractivity contribution >= 4 is 28.0 Å². The topological polar surface area (TPSA) is 78.9 Å². The van der Waals surface area contributed by atoms with Crippen molar-refractivity contribution in [3.8, 4) is 0 Å². The SMILES string of the molecule is CC(C)(C)OC(=O)N[C@H](CCN1CCC(C(=O)O)CC1)c1ccc(Br)cc1. The number of halogens is 1. The lowest BCUT2D eigenvalue weighted by Crippen LogP contribution is -2.39. The van der Waals surface area contributed by atoms with Crippen LogP contribution in [0, 0.1) is 5.92 Å². The van der Waals surface area contributed by atoms with Gasteiger partial charge >= 0.3 is 12.1 Å². The number of amides is 1. The van der Waals surface area contributed by atoms with Crippen LogP contribution in [0.1, 0.15) is 51.6 Å². The number of piperidine rings is 1. The number of benzene rings is 1. The van der Waals surface area contributed by atoms with E-state index in [1.807, 2.05) is 45.0 Å². The first-order valence-electron chi connectivity index (χ1n) is 9.34. The van der Waals surface area contributed by atoms with Crippen molar-refractivity contribution in [3.63, 3.8) is 0 Å². The average molecular weight is 441 g/mol. The lowest BCUT2D eigenvalue weighted by molar-refractivity contribution is -0.143. The molecule has 0 aliphatic carbocycles. The lowest BCUT2D eigenvalue weighted by Gasteiger charge is -2.31. The molecule has 2 N–H and O–H groups in total. The van der Waals surface area contributed by atoms with Crippen molar-refractivity contribution in [1.82, 2.24) is 10.2 Å². The van der Waals surface area contributed by atoms with Gasteiger partial charge < -0.3 is 20.1 Å². The molecule has 1 heterocycles. The van der Waals surface area contributed by atoms with Gasteiger partial charge in [-0.15, -0.1) is 0 Å². The summed E-state index contributed by atoms with van der Waals surface area (Å²) in [5.74, 6) is -0.933. The molecule has 1 atom stereocenters. The van der Waals surface area contributed by atoms with Gasteiger partial charge in [-0.25, -0.2) is 4.79 Å². The normalized spacial score (nSPS) is 17.3. The van der Waals surface area contributed by atoms with Crippen LogP contribution in [0.15, 0.2) is 28.7 Å². The Morgan fingerprint density at radius 1 is 1.26 bits per heavy atom. The summed E-state index contributed by atoms with van der Waals surface area (Å²) < 4.78 is 6.39. The fourth-order valence-corrected chi connectivity index (χ4v) is 3.45. The molecule has 1 aromatic rings. The highest BCUT2D eigenvalue weighted by Gasteiger charge is 2.26. The monoisotopic (exact) mass is 440 g/mol. The van der Waals surface area contributed by atoms with Crippen molar-refractivity contribution in [2.45, 2.75) is 51.7 Å². The van der Waals surface area contributed by atoms with Gasteiger partial charge in [0, 0.05) is 11.0 Å². The molecule has 27 heavy (non-hydrogen) atoms. The number of aliphatic carboxylic acids is 1. The molecule has 0 spiro atoms. The fraction of sp³-hybridized carbons (Fsp3) is 0.600. The summed E-state index contributed by atoms with van der Waals surface area (Å²) in [6.45, 7) is 7.87. The molecule has 6 nitrogen and oxygen atoms in total. The van der Waals surface area contributed by atoms with Gasteiger partial charge in [0.05, 0.1) is 12.0 Å². The van der Waals surface area contributed by atoms with Crippen LogP contribution < -0.4 is 5.32 Å². The Balaban J connectivity index is 1.97. The number of carboxylic acid groups (broad SMARTS) is 1. The van der Waals surface area contributed by atoms with Crippen LogP contribution in [0.2, 0.25) is 0 Å². The van der Waals surface area contributed by atoms with Crippen molar-refractivity contribution in [1.29, 1.82) is 0 Å². The van der Waals surface area contributed by atoms with Crippen LogP contribution in [-0.4, -0.2) is 47.3 Å². The first kappa shape index (κ1) is 21.7. The molecular weight excluding hydrogens is 412 g/mol. The number of carboxylic acids is 1. The zero-order chi connectivity index (χ0) is 20.0. The molecule has 7 heteroatoms. The maximum absolute atomic E-state index is 12.3. The summed E-state index contributed by atoms with van der Waals surface area (Å²) in [5, 5.41) is 12.1. The Bertz CT molecular complexity index is 634. The number of carbonyl (C=O) groups excluding carboxylic acids is 1. The molecular formula is C20H29BrN2O4. The molecule has 1 aromatic carbocycles. The molecule has 1 fully saturated rings. The molecule has 0 radical (unpaired) electrons. The van der Waals surface area contributed by atoms with Crippen LogP contribution in [0.5, 0.6) is 0 Å². The highest BCUT2D eigenvalue weighted by Crippen LogP contribution is 2.23. The number of likely N-dealkylation sites (tertiary alicyclic amines) is 1. The summed E-state index contributed by atoms with van der Waals surface area (Å²) in [7, 11) is 0. The third-order valence-electron chi connectivity index (χ3n) is 4.63. The van der Waals surface area contributed by atoms with Crippen LogP contribution in [-0.2, 0) is 9.53 Å². The Hall–Kier alpha value is -1.60. The van der Waals surface area contributed by atoms with Crippen molar-refractivity contribution in [2.24, 2.45) is 5.92 Å². The summed E-state index contributed by atoms with van der Waals surface area (Å²) in [6, 6.07) is 7.73. The zero-order valence-corrected chi connectivity index (χ0v) is 17.8. The molecule has 0 saturated carbocycles. The summed E-state index contributed by atoms with van der Waals surface area (Å²) in [4.78, 5) is 25.6. The minimum absolute atomic E-state index is 0.162. The van der Waals surface area contributed by atoms with E-state index in [0.717, 1.165) is 36.1 Å². The Labute approximate surface area is 169 Å². The number of nitrogens with one attached hydrogen (secondary N) is 1. The van der Waals surface area contributed by atoms with Crippen LogP contribution in [0.3, 0.4) is 0 Å². The van der Waals surface area contributed by atoms with E-state index in [2.05, 4.69) is 26.1 Å². The number of hydrogen-bond acceptors (Lipinski definition) is 4. The van der Waals surface area contributed by atoms with Crippen molar-refractivity contribution in [2.75, 3.05) is 19.6 Å². The molecule has 2 rings (SSSR count). The maximum Gasteiger partial charge on any atom is 0.408 e. The standard InChI is InChI=1S/C20H29BrN2O4/c1-20(2,3)27-19(26)22-17(14-4-6-16(21)7-5-14)10-13-23-11-8-15(9-12-23)18(24)25/h4-7,15,17H,8-13H2,1-3H3,(H,22,26)(H,24,25)/t17-/m1/s1. The molecule has 1 saturated heterocycles. The molecule has 150 valence electrons. The van der Waals surface area contributed by atoms with Crippen LogP contribution in [0.25, 0.3) is 0 Å². The second kappa shape index (κ2) is 9.55. The van der Waals surface area contributed by atoms with Gasteiger partial charge in [-0.1, -0.05) is 28.1 Å². The van der Waals surface area contributed by atoms with E-state index in [1.54, 1.807) is 0 Å². The predicted molar refractivity (Wildman–Crippen MR) is 108 cm³/mol. The highest BCUT2D eigenvalue weighted by molar-refractivity contribution is 9.10. The van der Waals surface area contributed by atoms with E-state index in [9.17, 15) is 9.59 Å². The number of alkyl carbamates (subject to hydrolysis) is 1. The molecule has 1 aliphatic rings. The minimum Gasteiger partial charge on any atom is -0.481 e. The third kappa shape index (κ3) is 7.50. The third-order valence-corrected chi connectivity index (χ3v) is 5.16. The van der Waals surface area contributed by atoms with Crippen LogP contribution in [0.4, 0.5) is 4.79 Å². The Kier molecular flexibility index (Phi) is 7.68. The van der Waals surface area contributed by atoms with E-state index >= 15 is 0 Å². The number of rotatable bonds is 6. The van der Waals surface area contributed by atoms with Gasteiger partial charge in [0.1, 0.15) is 5.60 Å². The van der Waals surface area contributed by atoms with Gasteiger partial charge in [-0.3, -0.25) is 4.79 Å². The summed E-state index contributed by atoms with van der Waals surface area (Å²) in [5.41, 5.74) is 0.469. The predicted octanol–water partition coefficient (Wildman–Crippen LogP) is 4.20. The van der Waals surface area contributed by atoms with Crippen molar-refractivity contribution in [3.05, 3.63) is 34.3 Å². The van der Waals surface area contributed by atoms with E-state index in [0.29, 0.717) is 12.8 Å². The Morgan fingerprint density at radius 2 is 1.85 bits per heavy atom. The van der Waals surface area contributed by atoms with Gasteiger partial charge in [-0.2, -0.15) is 0 Å². The zero-order valence-electron chi connectivity index (χ0n) is 16.2. The molecule has 0 unspecified atom stereocenters. The van der Waals surface area contributed by atoms with Gasteiger partial charge in [0.15, 0.2) is 0 Å². The van der Waals surface area contributed by atoms with E-state index < -0.39 is 17.7 Å². The maximum atomic E-state index is 12.3. The summed E-state index contributed by atoms with van der Waals surface area (Å²) in [6.07, 6.45) is 1.66. The fourth-order valence-electron chi connectivity index (χ4n) is 3.18. The van der Waals surface area contributed by atoms with E-state index in [-0.39, 0.29) is 12.0 Å². The van der Waals surface area contributed by atoms with E-state index in [1.165, 1.54) is 0 Å². The molecule has 0 aromatic heterocycles. The first-order chi connectivity index (χ1) is 12.6. The molecule has 0 bridgehead atoms. The number of hydrogen-bond donors (Lipinski definition) is 2. The van der Waals surface area contributed by atoms with Gasteiger partial charge in [0.25, 0.3) is 0 Å². The average Bonchev–Trinajstić information content (AvgIpc) is 2.58. The highest BCUT2D eigenvalue weighted by atomic mass is 79.9. The molecule has 1 amide bonds. The van der Waals surface area contributed by atoms with Crippen molar-refractivity contribution < 1.29 is 19.4 Å². The number of carbonyl (C=O) groups is 2. The largest absolute Gasteiger partial charge is 0.481 e.